The molecule has 1 unspecified atom stereocenters. The van der Waals surface area contributed by atoms with Crippen LogP contribution in [0.3, 0.4) is 0 Å². The second kappa shape index (κ2) is 7.64. The Morgan fingerprint density at radius 1 is 1.43 bits per heavy atom. The number of carbonyl (C=O) groups excluding carboxylic acids is 1. The second-order valence-corrected chi connectivity index (χ2v) is 5.28. The molecule has 0 aliphatic heterocycles. The van der Waals surface area contributed by atoms with Crippen LogP contribution in [0.4, 0.5) is 0 Å². The van der Waals surface area contributed by atoms with Crippen molar-refractivity contribution in [3.05, 3.63) is 35.9 Å². The molecule has 0 aromatic heterocycles. The molecule has 1 aromatic carbocycles. The third-order valence-electron chi connectivity index (χ3n) is 3.03. The van der Waals surface area contributed by atoms with Crippen molar-refractivity contribution in [2.75, 3.05) is 13.2 Å². The van der Waals surface area contributed by atoms with Crippen LogP contribution in [-0.2, 0) is 9.53 Å². The number of carbonyl (C=O) groups is 1. The van der Waals surface area contributed by atoms with Crippen LogP contribution >= 0.6 is 0 Å². The first-order valence-corrected chi connectivity index (χ1v) is 6.85. The normalized spacial score (nSPS) is 13.8. The van der Waals surface area contributed by atoms with E-state index >= 15 is 0 Å². The summed E-state index contributed by atoms with van der Waals surface area (Å²) in [6, 6.07) is 8.95. The molecule has 0 aliphatic rings. The zero-order valence-corrected chi connectivity index (χ0v) is 12.7. The van der Waals surface area contributed by atoms with E-state index in [-0.39, 0.29) is 11.7 Å². The molecule has 1 atom stereocenters. The van der Waals surface area contributed by atoms with E-state index in [1.807, 2.05) is 26.8 Å². The fourth-order valence-electron chi connectivity index (χ4n) is 2.00. The topological polar surface area (TPSA) is 96.9 Å². The molecule has 116 valence electrons. The number of nitrogens with two attached hydrogens (primary N) is 1. The van der Waals surface area contributed by atoms with E-state index in [4.69, 9.17) is 15.7 Å². The molecule has 21 heavy (non-hydrogen) atoms. The molecule has 0 radical (unpaired) electrons. The maximum absolute atomic E-state index is 12.4. The van der Waals surface area contributed by atoms with E-state index in [0.29, 0.717) is 18.7 Å². The zero-order valence-electron chi connectivity index (χ0n) is 12.7. The third-order valence-corrected chi connectivity index (χ3v) is 3.03. The van der Waals surface area contributed by atoms with Crippen molar-refractivity contribution in [3.63, 3.8) is 0 Å². The number of hydrogen-bond donors (Lipinski definition) is 3. The Morgan fingerprint density at radius 3 is 2.57 bits per heavy atom. The van der Waals surface area contributed by atoms with Gasteiger partial charge in [0.25, 0.3) is 0 Å². The molecule has 0 bridgehead atoms. The zero-order chi connectivity index (χ0) is 15.9. The van der Waals surface area contributed by atoms with Crippen molar-refractivity contribution in [3.8, 4) is 0 Å². The van der Waals surface area contributed by atoms with Gasteiger partial charge in [-0.05, 0) is 26.3 Å². The average molecular weight is 293 g/mol. The van der Waals surface area contributed by atoms with Crippen molar-refractivity contribution in [2.24, 2.45) is 10.9 Å². The van der Waals surface area contributed by atoms with Crippen LogP contribution in [0, 0.1) is 0 Å². The van der Waals surface area contributed by atoms with Crippen molar-refractivity contribution in [1.29, 1.82) is 0 Å². The molecule has 1 aromatic rings. The van der Waals surface area contributed by atoms with Crippen LogP contribution in [0.15, 0.2) is 35.5 Å². The minimum Gasteiger partial charge on any atom is -0.409 e. The summed E-state index contributed by atoms with van der Waals surface area (Å²) in [6.07, 6.45) is 0. The van der Waals surface area contributed by atoms with Gasteiger partial charge in [-0.2, -0.15) is 0 Å². The van der Waals surface area contributed by atoms with Gasteiger partial charge in [-0.1, -0.05) is 35.5 Å². The molecule has 0 spiro atoms. The maximum Gasteiger partial charge on any atom is 0.235 e. The number of ether oxygens (including phenoxy) is 1. The number of nitrogens with zero attached hydrogens (tertiary/aromatic N) is 1. The van der Waals surface area contributed by atoms with E-state index < -0.39 is 11.5 Å². The maximum atomic E-state index is 12.4. The molecular weight excluding hydrogens is 270 g/mol. The van der Waals surface area contributed by atoms with E-state index in [0.717, 1.165) is 0 Å². The first-order chi connectivity index (χ1) is 9.91. The summed E-state index contributed by atoms with van der Waals surface area (Å²) in [7, 11) is 0. The highest BCUT2D eigenvalue weighted by Crippen LogP contribution is 2.17. The Kier molecular flexibility index (Phi) is 6.17. The summed E-state index contributed by atoms with van der Waals surface area (Å²) in [6.45, 7) is 6.56. The van der Waals surface area contributed by atoms with Crippen molar-refractivity contribution in [2.45, 2.75) is 32.3 Å². The number of amidine groups is 1. The fourth-order valence-corrected chi connectivity index (χ4v) is 2.00. The fraction of sp³-hybridized carbons (Fsp3) is 0.467. The van der Waals surface area contributed by atoms with Gasteiger partial charge in [-0.15, -0.1) is 0 Å². The van der Waals surface area contributed by atoms with Gasteiger partial charge in [0.15, 0.2) is 5.84 Å². The summed E-state index contributed by atoms with van der Waals surface area (Å²) in [5.74, 6) is -1.30. The van der Waals surface area contributed by atoms with E-state index in [1.165, 1.54) is 0 Å². The highest BCUT2D eigenvalue weighted by atomic mass is 16.5. The number of hydrogen-bond acceptors (Lipinski definition) is 4. The molecule has 0 heterocycles. The molecule has 1 amide bonds. The quantitative estimate of drug-likeness (QED) is 0.307. The van der Waals surface area contributed by atoms with Gasteiger partial charge >= 0.3 is 0 Å². The molecule has 6 heteroatoms. The van der Waals surface area contributed by atoms with E-state index in [1.54, 1.807) is 24.3 Å². The van der Waals surface area contributed by atoms with Gasteiger partial charge in [0, 0.05) is 13.2 Å². The summed E-state index contributed by atoms with van der Waals surface area (Å²) in [5.41, 5.74) is 5.85. The third kappa shape index (κ3) is 5.07. The van der Waals surface area contributed by atoms with E-state index in [2.05, 4.69) is 10.5 Å². The monoisotopic (exact) mass is 293 g/mol. The van der Waals surface area contributed by atoms with E-state index in [9.17, 15) is 4.79 Å². The van der Waals surface area contributed by atoms with Gasteiger partial charge in [-0.25, -0.2) is 0 Å². The Labute approximate surface area is 125 Å². The van der Waals surface area contributed by atoms with Gasteiger partial charge in [0.05, 0.1) is 5.60 Å². The number of nitrogens with one attached hydrogen (secondary N) is 1. The smallest absolute Gasteiger partial charge is 0.235 e. The number of amides is 1. The second-order valence-electron chi connectivity index (χ2n) is 5.28. The summed E-state index contributed by atoms with van der Waals surface area (Å²) in [4.78, 5) is 12.4. The highest BCUT2D eigenvalue weighted by molar-refractivity contribution is 6.07. The van der Waals surface area contributed by atoms with Crippen LogP contribution in [0.5, 0.6) is 0 Å². The van der Waals surface area contributed by atoms with Crippen molar-refractivity contribution >= 4 is 11.7 Å². The van der Waals surface area contributed by atoms with Crippen LogP contribution < -0.4 is 11.1 Å². The van der Waals surface area contributed by atoms with Crippen LogP contribution in [0.25, 0.3) is 0 Å². The Morgan fingerprint density at radius 2 is 2.05 bits per heavy atom. The summed E-state index contributed by atoms with van der Waals surface area (Å²) in [5, 5.41) is 14.6. The lowest BCUT2D eigenvalue weighted by Gasteiger charge is -2.26. The minimum atomic E-state index is -0.825. The predicted octanol–water partition coefficient (Wildman–Crippen LogP) is 1.45. The number of oxime groups is 1. The average Bonchev–Trinajstić information content (AvgIpc) is 2.46. The van der Waals surface area contributed by atoms with Gasteiger partial charge in [-0.3, -0.25) is 4.79 Å². The first-order valence-electron chi connectivity index (χ1n) is 6.85. The molecule has 0 saturated heterocycles. The number of benzene rings is 1. The molecule has 1 rings (SSSR count). The molecule has 0 saturated carbocycles. The van der Waals surface area contributed by atoms with Gasteiger partial charge in [0.2, 0.25) is 5.91 Å². The lowest BCUT2D eigenvalue weighted by molar-refractivity contribution is -0.122. The van der Waals surface area contributed by atoms with Crippen molar-refractivity contribution < 1.29 is 14.7 Å². The summed E-state index contributed by atoms with van der Waals surface area (Å²) < 4.78 is 5.53. The highest BCUT2D eigenvalue weighted by Gasteiger charge is 2.27. The van der Waals surface area contributed by atoms with Crippen LogP contribution in [0.2, 0.25) is 0 Å². The molecular formula is C15H23N3O3. The minimum absolute atomic E-state index is 0.145. The standard InChI is InChI=1S/C15H23N3O3/c1-4-21-15(2,3)10-17-14(19)12(13(16)18-20)11-8-6-5-7-9-11/h5-9,12,20H,4,10H2,1-3H3,(H2,16,18)(H,17,19). The Bertz CT molecular complexity index is 486. The molecule has 0 aliphatic carbocycles. The lowest BCUT2D eigenvalue weighted by atomic mass is 9.96. The first kappa shape index (κ1) is 17.0. The lowest BCUT2D eigenvalue weighted by Crippen LogP contribution is -2.44. The summed E-state index contributed by atoms with van der Waals surface area (Å²) >= 11 is 0. The Hall–Kier alpha value is -2.08. The van der Waals surface area contributed by atoms with Crippen LogP contribution in [0.1, 0.15) is 32.3 Å². The predicted molar refractivity (Wildman–Crippen MR) is 81.3 cm³/mol. The molecule has 6 nitrogen and oxygen atoms in total. The SMILES string of the molecule is CCOC(C)(C)CNC(=O)C(/C(N)=N/O)c1ccccc1. The number of rotatable bonds is 7. The van der Waals surface area contributed by atoms with Crippen molar-refractivity contribution in [1.82, 2.24) is 5.32 Å². The molecule has 4 N–H and O–H groups in total. The Balaban J connectivity index is 2.84. The largest absolute Gasteiger partial charge is 0.409 e. The van der Waals surface area contributed by atoms with Crippen LogP contribution in [-0.4, -0.2) is 35.7 Å². The van der Waals surface area contributed by atoms with Gasteiger partial charge in [0.1, 0.15) is 5.92 Å². The van der Waals surface area contributed by atoms with Gasteiger partial charge < -0.3 is 21.0 Å². The molecule has 0 fully saturated rings.